The van der Waals surface area contributed by atoms with Crippen LogP contribution in [0.15, 0.2) is 61.1 Å². The van der Waals surface area contributed by atoms with Gasteiger partial charge in [-0.3, -0.25) is 14.8 Å². The van der Waals surface area contributed by atoms with Crippen LogP contribution in [-0.2, 0) is 0 Å². The summed E-state index contributed by atoms with van der Waals surface area (Å²) in [4.78, 5) is 29.8. The number of anilines is 3. The Morgan fingerprint density at radius 1 is 0.812 bits per heavy atom. The van der Waals surface area contributed by atoms with Crippen LogP contribution in [0.4, 0.5) is 17.5 Å². The van der Waals surface area contributed by atoms with Crippen LogP contribution in [0.25, 0.3) is 11.0 Å². The van der Waals surface area contributed by atoms with Crippen molar-refractivity contribution < 1.29 is 4.79 Å². The van der Waals surface area contributed by atoms with Gasteiger partial charge in [0.25, 0.3) is 5.91 Å². The summed E-state index contributed by atoms with van der Waals surface area (Å²) in [5, 5.41) is 11.8. The van der Waals surface area contributed by atoms with Crippen molar-refractivity contribution in [2.24, 2.45) is 0 Å². The Kier molecular flexibility index (Phi) is 5.29. The van der Waals surface area contributed by atoms with Crippen LogP contribution in [0, 0.1) is 6.92 Å². The van der Waals surface area contributed by atoms with E-state index in [2.05, 4.69) is 35.4 Å². The molecular weight excluding hydrogens is 404 g/mol. The average molecular weight is 426 g/mol. The minimum absolute atomic E-state index is 0.00786. The van der Waals surface area contributed by atoms with Crippen LogP contribution in [-0.4, -0.2) is 62.1 Å². The van der Waals surface area contributed by atoms with Crippen LogP contribution >= 0.6 is 0 Å². The predicted octanol–water partition coefficient (Wildman–Crippen LogP) is 2.83. The number of piperazine rings is 1. The second kappa shape index (κ2) is 8.54. The molecule has 3 aromatic heterocycles. The molecule has 1 aliphatic rings. The molecule has 4 aromatic rings. The van der Waals surface area contributed by atoms with Gasteiger partial charge in [-0.25, -0.2) is 4.98 Å². The summed E-state index contributed by atoms with van der Waals surface area (Å²) < 4.78 is 0. The van der Waals surface area contributed by atoms with Crippen LogP contribution in [0.2, 0.25) is 0 Å². The normalized spacial score (nSPS) is 13.9. The fraction of sp³-hybridized carbons (Fsp3) is 0.217. The third-order valence-electron chi connectivity index (χ3n) is 5.43. The number of aryl methyl sites for hydroxylation is 1. The molecule has 0 saturated carbocycles. The van der Waals surface area contributed by atoms with Gasteiger partial charge in [0.15, 0.2) is 11.6 Å². The van der Waals surface area contributed by atoms with Gasteiger partial charge in [-0.1, -0.05) is 0 Å². The maximum absolute atomic E-state index is 12.9. The minimum Gasteiger partial charge on any atom is -0.352 e. The van der Waals surface area contributed by atoms with Gasteiger partial charge < -0.3 is 15.1 Å². The van der Waals surface area contributed by atoms with Crippen molar-refractivity contribution in [2.45, 2.75) is 6.92 Å². The number of carbonyl (C=O) groups excluding carboxylic acids is 1. The SMILES string of the molecule is Cc1ccnc(Nc2ccc(N3CCN(C(=O)c4ccc5nccnc5c4)CC3)nn2)c1. The summed E-state index contributed by atoms with van der Waals surface area (Å²) in [5.41, 5.74) is 3.26. The quantitative estimate of drug-likeness (QED) is 0.532. The third kappa shape index (κ3) is 4.18. The minimum atomic E-state index is 0.00786. The second-order valence-electron chi connectivity index (χ2n) is 7.66. The number of nitrogens with one attached hydrogen (secondary N) is 1. The number of fused-ring (bicyclic) bond motifs is 1. The van der Waals surface area contributed by atoms with Crippen LogP contribution < -0.4 is 10.2 Å². The fourth-order valence-corrected chi connectivity index (χ4v) is 3.71. The van der Waals surface area contributed by atoms with Crippen LogP contribution in [0.3, 0.4) is 0 Å². The zero-order valence-corrected chi connectivity index (χ0v) is 17.6. The van der Waals surface area contributed by atoms with Gasteiger partial charge in [-0.05, 0) is 55.0 Å². The van der Waals surface area contributed by atoms with Crippen molar-refractivity contribution >= 4 is 34.4 Å². The topological polar surface area (TPSA) is 100 Å². The Morgan fingerprint density at radius 2 is 1.62 bits per heavy atom. The van der Waals surface area contributed by atoms with Gasteiger partial charge in [0.2, 0.25) is 0 Å². The molecule has 9 nitrogen and oxygen atoms in total. The molecule has 0 unspecified atom stereocenters. The number of amides is 1. The van der Waals surface area contributed by atoms with E-state index in [0.29, 0.717) is 37.6 Å². The molecule has 1 aliphatic heterocycles. The van der Waals surface area contributed by atoms with Crippen molar-refractivity contribution in [1.82, 2.24) is 30.0 Å². The lowest BCUT2D eigenvalue weighted by atomic mass is 10.1. The van der Waals surface area contributed by atoms with E-state index in [9.17, 15) is 4.79 Å². The van der Waals surface area contributed by atoms with Gasteiger partial charge in [0, 0.05) is 50.3 Å². The van der Waals surface area contributed by atoms with E-state index >= 15 is 0 Å². The molecule has 0 radical (unpaired) electrons. The smallest absolute Gasteiger partial charge is 0.254 e. The lowest BCUT2D eigenvalue weighted by Crippen LogP contribution is -2.49. The maximum Gasteiger partial charge on any atom is 0.254 e. The number of carbonyl (C=O) groups is 1. The lowest BCUT2D eigenvalue weighted by molar-refractivity contribution is 0.0746. The zero-order valence-electron chi connectivity index (χ0n) is 17.6. The Balaban J connectivity index is 1.20. The molecule has 1 N–H and O–H groups in total. The Morgan fingerprint density at radius 3 is 2.38 bits per heavy atom. The number of nitrogens with zero attached hydrogens (tertiary/aromatic N) is 7. The van der Waals surface area contributed by atoms with E-state index in [0.717, 1.165) is 28.2 Å². The van der Waals surface area contributed by atoms with Gasteiger partial charge in [0.1, 0.15) is 5.82 Å². The predicted molar refractivity (Wildman–Crippen MR) is 122 cm³/mol. The van der Waals surface area contributed by atoms with Crippen molar-refractivity contribution in [3.63, 3.8) is 0 Å². The summed E-state index contributed by atoms with van der Waals surface area (Å²) in [6.45, 7) is 4.64. The van der Waals surface area contributed by atoms with Crippen LogP contribution in [0.5, 0.6) is 0 Å². The molecule has 0 spiro atoms. The summed E-state index contributed by atoms with van der Waals surface area (Å²) >= 11 is 0. The van der Waals surface area contributed by atoms with Gasteiger partial charge in [-0.15, -0.1) is 10.2 Å². The lowest BCUT2D eigenvalue weighted by Gasteiger charge is -2.35. The van der Waals surface area contributed by atoms with E-state index in [-0.39, 0.29) is 5.91 Å². The van der Waals surface area contributed by atoms with Crippen LogP contribution in [0.1, 0.15) is 15.9 Å². The largest absolute Gasteiger partial charge is 0.352 e. The number of aromatic nitrogens is 5. The highest BCUT2D eigenvalue weighted by atomic mass is 16.2. The molecule has 0 aliphatic carbocycles. The molecule has 1 aromatic carbocycles. The van der Waals surface area contributed by atoms with E-state index in [4.69, 9.17) is 0 Å². The van der Waals surface area contributed by atoms with Gasteiger partial charge >= 0.3 is 0 Å². The number of benzene rings is 1. The maximum atomic E-state index is 12.9. The summed E-state index contributed by atoms with van der Waals surface area (Å²) in [7, 11) is 0. The van der Waals surface area contributed by atoms with Gasteiger partial charge in [0.05, 0.1) is 11.0 Å². The number of rotatable bonds is 4. The molecule has 1 amide bonds. The van der Waals surface area contributed by atoms with Gasteiger partial charge in [-0.2, -0.15) is 0 Å². The second-order valence-corrected chi connectivity index (χ2v) is 7.66. The zero-order chi connectivity index (χ0) is 21.9. The molecule has 9 heteroatoms. The fourth-order valence-electron chi connectivity index (χ4n) is 3.71. The molecular formula is C23H22N8O. The summed E-state index contributed by atoms with van der Waals surface area (Å²) in [6, 6.07) is 13.2. The van der Waals surface area contributed by atoms with E-state index in [1.54, 1.807) is 24.7 Å². The first-order chi connectivity index (χ1) is 15.7. The number of pyridine rings is 1. The monoisotopic (exact) mass is 426 g/mol. The number of hydrogen-bond donors (Lipinski definition) is 1. The Labute approximate surface area is 185 Å². The molecule has 4 heterocycles. The first-order valence-electron chi connectivity index (χ1n) is 10.4. The highest BCUT2D eigenvalue weighted by molar-refractivity contribution is 5.97. The van der Waals surface area contributed by atoms with E-state index in [1.807, 2.05) is 48.2 Å². The highest BCUT2D eigenvalue weighted by Crippen LogP contribution is 2.19. The Bertz CT molecular complexity index is 1250. The van der Waals surface area contributed by atoms with E-state index in [1.165, 1.54) is 0 Å². The molecule has 0 atom stereocenters. The highest BCUT2D eigenvalue weighted by Gasteiger charge is 2.23. The molecule has 1 saturated heterocycles. The van der Waals surface area contributed by atoms with E-state index < -0.39 is 0 Å². The first kappa shape index (κ1) is 19.8. The molecule has 32 heavy (non-hydrogen) atoms. The first-order valence-corrected chi connectivity index (χ1v) is 10.4. The molecule has 1 fully saturated rings. The van der Waals surface area contributed by atoms with Crippen molar-refractivity contribution in [3.8, 4) is 0 Å². The Hall–Kier alpha value is -4.14. The average Bonchev–Trinajstić information content (AvgIpc) is 2.84. The number of hydrogen-bond acceptors (Lipinski definition) is 8. The summed E-state index contributed by atoms with van der Waals surface area (Å²) in [5.74, 6) is 2.17. The molecule has 0 bridgehead atoms. The standard InChI is InChI=1S/C23H22N8O/c1-16-6-7-26-21(14-16)27-20-4-5-22(29-28-20)30-10-12-31(13-11-30)23(32)17-2-3-18-19(15-17)25-9-8-24-18/h2-9,14-15H,10-13H2,1H3,(H,26,27,28). The van der Waals surface area contributed by atoms with Crippen molar-refractivity contribution in [2.75, 3.05) is 36.4 Å². The third-order valence-corrected chi connectivity index (χ3v) is 5.43. The molecule has 5 rings (SSSR count). The molecule has 160 valence electrons. The summed E-state index contributed by atoms with van der Waals surface area (Å²) in [6.07, 6.45) is 5.04. The van der Waals surface area contributed by atoms with Crippen molar-refractivity contribution in [3.05, 3.63) is 72.2 Å². The van der Waals surface area contributed by atoms with Crippen molar-refractivity contribution in [1.29, 1.82) is 0 Å².